The maximum Gasteiger partial charge on any atom is 0.326 e. The summed E-state index contributed by atoms with van der Waals surface area (Å²) >= 11 is 1.12. The molecule has 21 heavy (non-hydrogen) atoms. The van der Waals surface area contributed by atoms with Crippen LogP contribution >= 0.6 is 11.3 Å². The van der Waals surface area contributed by atoms with Crippen molar-refractivity contribution in [3.63, 3.8) is 0 Å². The topological polar surface area (TPSA) is 99.8 Å². The van der Waals surface area contributed by atoms with E-state index in [4.69, 9.17) is 5.11 Å². The molecule has 116 valence electrons. The van der Waals surface area contributed by atoms with Gasteiger partial charge in [-0.2, -0.15) is 0 Å². The Balaban J connectivity index is 1.90. The Morgan fingerprint density at radius 2 is 2.19 bits per heavy atom. The summed E-state index contributed by atoms with van der Waals surface area (Å²) in [4.78, 5) is 35.8. The fourth-order valence-corrected chi connectivity index (χ4v) is 3.29. The van der Waals surface area contributed by atoms with Gasteiger partial charge in [-0.05, 0) is 13.3 Å². The van der Waals surface area contributed by atoms with Crippen LogP contribution in [0, 0.1) is 6.92 Å². The minimum Gasteiger partial charge on any atom is -0.480 e. The highest BCUT2D eigenvalue weighted by atomic mass is 32.1. The van der Waals surface area contributed by atoms with Crippen LogP contribution in [0.1, 0.15) is 25.0 Å². The number of thiazole rings is 1. The zero-order chi connectivity index (χ0) is 15.6. The highest BCUT2D eigenvalue weighted by Gasteiger charge is 2.38. The van der Waals surface area contributed by atoms with E-state index in [1.54, 1.807) is 9.95 Å². The predicted molar refractivity (Wildman–Crippen MR) is 76.3 cm³/mol. The average molecular weight is 314 g/mol. The number of hydrogen-bond donors (Lipinski definition) is 2. The van der Waals surface area contributed by atoms with Gasteiger partial charge in [0.1, 0.15) is 6.04 Å². The van der Waals surface area contributed by atoms with Gasteiger partial charge >= 0.3 is 10.8 Å². The number of hydrogen-bond acceptors (Lipinski definition) is 5. The van der Waals surface area contributed by atoms with E-state index in [1.807, 2.05) is 6.92 Å². The summed E-state index contributed by atoms with van der Waals surface area (Å²) in [6, 6.07) is -0.946. The van der Waals surface area contributed by atoms with Crippen LogP contribution < -0.4 is 4.87 Å². The van der Waals surface area contributed by atoms with Crippen LogP contribution in [0.4, 0.5) is 0 Å². The number of likely N-dealkylation sites (tertiary alicyclic amines) is 1. The molecule has 1 aliphatic rings. The van der Waals surface area contributed by atoms with Crippen LogP contribution in [0.3, 0.4) is 0 Å². The lowest BCUT2D eigenvalue weighted by molar-refractivity contribution is -0.148. The first-order valence-electron chi connectivity index (χ1n) is 6.75. The molecular formula is C13H18N2O5S. The van der Waals surface area contributed by atoms with Crippen molar-refractivity contribution in [2.24, 2.45) is 0 Å². The zero-order valence-electron chi connectivity index (χ0n) is 11.7. The Hall–Kier alpha value is -1.67. The van der Waals surface area contributed by atoms with Crippen molar-refractivity contribution < 1.29 is 19.8 Å². The second kappa shape index (κ2) is 6.40. The zero-order valence-corrected chi connectivity index (χ0v) is 12.5. The van der Waals surface area contributed by atoms with Crippen molar-refractivity contribution in [1.29, 1.82) is 0 Å². The number of nitrogens with zero attached hydrogens (tertiary/aromatic N) is 2. The van der Waals surface area contributed by atoms with Crippen molar-refractivity contribution >= 4 is 23.2 Å². The molecule has 2 heterocycles. The summed E-state index contributed by atoms with van der Waals surface area (Å²) < 4.78 is 1.60. The number of aliphatic carboxylic acids is 1. The van der Waals surface area contributed by atoms with Crippen LogP contribution in [0.5, 0.6) is 0 Å². The monoisotopic (exact) mass is 314 g/mol. The maximum atomic E-state index is 12.1. The van der Waals surface area contributed by atoms with Crippen LogP contribution in [-0.2, 0) is 16.1 Å². The van der Waals surface area contributed by atoms with Gasteiger partial charge < -0.3 is 19.7 Å². The van der Waals surface area contributed by atoms with E-state index in [1.165, 1.54) is 4.90 Å². The van der Waals surface area contributed by atoms with Gasteiger partial charge in [0.15, 0.2) is 0 Å². The molecule has 2 rings (SSSR count). The Morgan fingerprint density at radius 3 is 2.76 bits per heavy atom. The summed E-state index contributed by atoms with van der Waals surface area (Å²) in [5.41, 5.74) is 0.859. The minimum absolute atomic E-state index is 0.0556. The summed E-state index contributed by atoms with van der Waals surface area (Å²) in [5, 5.41) is 20.3. The number of aliphatic hydroxyl groups excluding tert-OH is 1. The number of carboxylic acids is 1. The van der Waals surface area contributed by atoms with Crippen LogP contribution in [0.25, 0.3) is 0 Å². The molecule has 8 heteroatoms. The fourth-order valence-electron chi connectivity index (χ4n) is 2.53. The third-order valence-corrected chi connectivity index (χ3v) is 4.51. The van der Waals surface area contributed by atoms with Gasteiger partial charge in [0, 0.05) is 37.0 Å². The Labute approximate surface area is 125 Å². The van der Waals surface area contributed by atoms with Gasteiger partial charge in [-0.1, -0.05) is 11.3 Å². The highest BCUT2D eigenvalue weighted by molar-refractivity contribution is 7.07. The summed E-state index contributed by atoms with van der Waals surface area (Å²) in [6.07, 6.45) is -0.0748. The predicted octanol–water partition coefficient (Wildman–Crippen LogP) is 0.0448. The van der Waals surface area contributed by atoms with E-state index in [2.05, 4.69) is 0 Å². The smallest absolute Gasteiger partial charge is 0.326 e. The van der Waals surface area contributed by atoms with E-state index in [0.717, 1.165) is 17.0 Å². The van der Waals surface area contributed by atoms with Gasteiger partial charge in [0.2, 0.25) is 5.91 Å². The van der Waals surface area contributed by atoms with Crippen molar-refractivity contribution in [3.05, 3.63) is 20.7 Å². The molecule has 1 aromatic rings. The standard InChI is InChI=1S/C13H18N2O5S/c1-8-7-21-13(20)14(8)4-2-3-11(17)15-6-9(16)5-10(15)12(18)19/h7,9-10,16H,2-6H2,1H3,(H,18,19)/t9?,10-/m0/s1. The summed E-state index contributed by atoms with van der Waals surface area (Å²) in [6.45, 7) is 2.33. The van der Waals surface area contributed by atoms with Crippen LogP contribution in [0.2, 0.25) is 0 Å². The molecule has 1 unspecified atom stereocenters. The van der Waals surface area contributed by atoms with E-state index in [-0.39, 0.29) is 30.2 Å². The van der Waals surface area contributed by atoms with E-state index >= 15 is 0 Å². The fraction of sp³-hybridized carbons (Fsp3) is 0.615. The van der Waals surface area contributed by atoms with Crippen molar-refractivity contribution in [1.82, 2.24) is 9.47 Å². The maximum absolute atomic E-state index is 12.1. The molecule has 2 N–H and O–H groups in total. The van der Waals surface area contributed by atoms with Crippen LogP contribution in [-0.4, -0.2) is 50.2 Å². The first kappa shape index (κ1) is 15.7. The molecule has 0 bridgehead atoms. The third kappa shape index (κ3) is 3.51. The van der Waals surface area contributed by atoms with Crippen molar-refractivity contribution in [3.8, 4) is 0 Å². The number of rotatable bonds is 5. The third-order valence-electron chi connectivity index (χ3n) is 3.63. The van der Waals surface area contributed by atoms with Crippen molar-refractivity contribution in [2.75, 3.05) is 6.54 Å². The molecule has 0 aliphatic carbocycles. The summed E-state index contributed by atoms with van der Waals surface area (Å²) in [7, 11) is 0. The molecular weight excluding hydrogens is 296 g/mol. The molecule has 1 saturated heterocycles. The lowest BCUT2D eigenvalue weighted by Gasteiger charge is -2.21. The molecule has 2 atom stereocenters. The van der Waals surface area contributed by atoms with Gasteiger partial charge in [0.05, 0.1) is 6.10 Å². The molecule has 7 nitrogen and oxygen atoms in total. The van der Waals surface area contributed by atoms with Crippen molar-refractivity contribution in [2.45, 2.75) is 44.9 Å². The average Bonchev–Trinajstić information content (AvgIpc) is 2.95. The summed E-state index contributed by atoms with van der Waals surface area (Å²) in [5.74, 6) is -1.38. The molecule has 1 aromatic heterocycles. The minimum atomic E-state index is -1.09. The number of aliphatic hydroxyl groups is 1. The Bertz CT molecular complexity index is 594. The largest absolute Gasteiger partial charge is 0.480 e. The Kier molecular flexibility index (Phi) is 4.79. The van der Waals surface area contributed by atoms with Gasteiger partial charge in [-0.3, -0.25) is 9.59 Å². The molecule has 0 spiro atoms. The molecule has 1 fully saturated rings. The van der Waals surface area contributed by atoms with E-state index in [9.17, 15) is 19.5 Å². The number of aryl methyl sites for hydroxylation is 1. The lowest BCUT2D eigenvalue weighted by atomic mass is 10.2. The Morgan fingerprint density at radius 1 is 1.48 bits per heavy atom. The number of amides is 1. The molecule has 1 amide bonds. The normalized spacial score (nSPS) is 21.7. The van der Waals surface area contributed by atoms with Crippen LogP contribution in [0.15, 0.2) is 10.2 Å². The lowest BCUT2D eigenvalue weighted by Crippen LogP contribution is -2.40. The van der Waals surface area contributed by atoms with Gasteiger partial charge in [0.25, 0.3) is 0 Å². The van der Waals surface area contributed by atoms with Gasteiger partial charge in [-0.25, -0.2) is 4.79 Å². The first-order chi connectivity index (χ1) is 9.90. The SMILES string of the molecule is Cc1csc(=O)n1CCCC(=O)N1CC(O)C[C@H]1C(=O)O. The second-order valence-corrected chi connectivity index (χ2v) is 6.01. The number of carbonyl (C=O) groups excluding carboxylic acids is 1. The van der Waals surface area contributed by atoms with E-state index < -0.39 is 18.1 Å². The highest BCUT2D eigenvalue weighted by Crippen LogP contribution is 2.19. The molecule has 0 radical (unpaired) electrons. The number of β-amino-alcohol motifs (C(OH)–C–C–N with tert-alkyl or cyclic N) is 1. The quantitative estimate of drug-likeness (QED) is 0.799. The molecule has 0 aromatic carbocycles. The first-order valence-corrected chi connectivity index (χ1v) is 7.63. The number of aromatic nitrogens is 1. The van der Waals surface area contributed by atoms with Gasteiger partial charge in [-0.15, -0.1) is 0 Å². The number of carboxylic acid groups (broad SMARTS) is 1. The second-order valence-electron chi connectivity index (χ2n) is 5.19. The molecule has 1 aliphatic heterocycles. The molecule has 0 saturated carbocycles. The van der Waals surface area contributed by atoms with E-state index in [0.29, 0.717) is 13.0 Å². The number of carbonyl (C=O) groups is 2.